The molecule has 94 valence electrons. The summed E-state index contributed by atoms with van der Waals surface area (Å²) in [6.07, 6.45) is 1.02. The molecule has 0 spiro atoms. The van der Waals surface area contributed by atoms with Gasteiger partial charge in [0.2, 0.25) is 0 Å². The normalized spacial score (nSPS) is 12.3. The van der Waals surface area contributed by atoms with Gasteiger partial charge in [-0.25, -0.2) is 0 Å². The third-order valence-corrected chi connectivity index (χ3v) is 3.20. The van der Waals surface area contributed by atoms with Gasteiger partial charge in [0, 0.05) is 17.6 Å². The van der Waals surface area contributed by atoms with E-state index in [1.807, 2.05) is 18.2 Å². The molecule has 0 amide bonds. The van der Waals surface area contributed by atoms with Crippen molar-refractivity contribution in [3.63, 3.8) is 0 Å². The van der Waals surface area contributed by atoms with Crippen LogP contribution in [0, 0.1) is 0 Å². The number of rotatable bonds is 5. The molecule has 0 unspecified atom stereocenters. The Bertz CT molecular complexity index is 464. The van der Waals surface area contributed by atoms with Gasteiger partial charge in [-0.15, -0.1) is 0 Å². The topological polar surface area (TPSA) is 12.0 Å². The van der Waals surface area contributed by atoms with E-state index in [1.54, 1.807) is 0 Å². The van der Waals surface area contributed by atoms with E-state index in [2.05, 4.69) is 48.6 Å². The zero-order valence-electron chi connectivity index (χ0n) is 10.6. The van der Waals surface area contributed by atoms with Crippen molar-refractivity contribution in [2.45, 2.75) is 25.9 Å². The van der Waals surface area contributed by atoms with Gasteiger partial charge in [-0.05, 0) is 36.6 Å². The molecule has 0 aliphatic carbocycles. The number of nitrogens with one attached hydrogen (secondary N) is 1. The molecule has 2 rings (SSSR count). The first-order valence-electron chi connectivity index (χ1n) is 6.26. The third kappa shape index (κ3) is 4.17. The SMILES string of the molecule is C[C@@H](Cc1ccc(Cl)cc1)NCc1ccccc1. The first-order valence-corrected chi connectivity index (χ1v) is 6.63. The molecule has 0 heterocycles. The predicted octanol–water partition coefficient (Wildman–Crippen LogP) is 4.06. The van der Waals surface area contributed by atoms with Crippen molar-refractivity contribution in [1.29, 1.82) is 0 Å². The molecule has 0 saturated heterocycles. The molecule has 0 aliphatic rings. The van der Waals surface area contributed by atoms with E-state index >= 15 is 0 Å². The molecule has 0 saturated carbocycles. The maximum absolute atomic E-state index is 5.87. The molecule has 18 heavy (non-hydrogen) atoms. The average molecular weight is 260 g/mol. The van der Waals surface area contributed by atoms with E-state index in [0.29, 0.717) is 6.04 Å². The first-order chi connectivity index (χ1) is 8.74. The van der Waals surface area contributed by atoms with Crippen molar-refractivity contribution in [3.05, 3.63) is 70.7 Å². The van der Waals surface area contributed by atoms with Gasteiger partial charge in [0.1, 0.15) is 0 Å². The van der Waals surface area contributed by atoms with Crippen molar-refractivity contribution in [1.82, 2.24) is 5.32 Å². The lowest BCUT2D eigenvalue weighted by Gasteiger charge is -2.14. The molecule has 2 heteroatoms. The van der Waals surface area contributed by atoms with E-state index in [4.69, 9.17) is 11.6 Å². The van der Waals surface area contributed by atoms with E-state index in [9.17, 15) is 0 Å². The Kier molecular flexibility index (Phi) is 4.80. The smallest absolute Gasteiger partial charge is 0.0406 e. The van der Waals surface area contributed by atoms with Crippen molar-refractivity contribution < 1.29 is 0 Å². The van der Waals surface area contributed by atoms with Crippen molar-refractivity contribution in [2.75, 3.05) is 0 Å². The number of benzene rings is 2. The second kappa shape index (κ2) is 6.58. The quantitative estimate of drug-likeness (QED) is 0.854. The van der Waals surface area contributed by atoms with E-state index < -0.39 is 0 Å². The van der Waals surface area contributed by atoms with Gasteiger partial charge in [0.15, 0.2) is 0 Å². The number of hydrogen-bond donors (Lipinski definition) is 1. The molecule has 1 nitrogen and oxygen atoms in total. The molecule has 0 aromatic heterocycles. The van der Waals surface area contributed by atoms with E-state index in [0.717, 1.165) is 18.0 Å². The minimum atomic E-state index is 0.450. The van der Waals surface area contributed by atoms with E-state index in [1.165, 1.54) is 11.1 Å². The lowest BCUT2D eigenvalue weighted by atomic mass is 10.1. The van der Waals surface area contributed by atoms with Crippen LogP contribution in [0.15, 0.2) is 54.6 Å². The molecule has 0 fully saturated rings. The minimum absolute atomic E-state index is 0.450. The van der Waals surface area contributed by atoms with Gasteiger partial charge < -0.3 is 5.32 Å². The van der Waals surface area contributed by atoms with Crippen LogP contribution in [0.3, 0.4) is 0 Å². The highest BCUT2D eigenvalue weighted by Gasteiger charge is 2.03. The second-order valence-corrected chi connectivity index (χ2v) is 5.03. The second-order valence-electron chi connectivity index (χ2n) is 4.60. The van der Waals surface area contributed by atoms with Crippen LogP contribution >= 0.6 is 11.6 Å². The molecule has 0 aliphatic heterocycles. The molecule has 0 radical (unpaired) electrons. The Morgan fingerprint density at radius 3 is 2.28 bits per heavy atom. The fraction of sp³-hybridized carbons (Fsp3) is 0.250. The standard InChI is InChI=1S/C16H18ClN/c1-13(11-14-7-9-16(17)10-8-14)18-12-15-5-3-2-4-6-15/h2-10,13,18H,11-12H2,1H3/t13-/m0/s1. The Morgan fingerprint density at radius 1 is 0.944 bits per heavy atom. The Morgan fingerprint density at radius 2 is 1.61 bits per heavy atom. The third-order valence-electron chi connectivity index (χ3n) is 2.95. The molecular formula is C16H18ClN. The van der Waals surface area contributed by atoms with Crippen LogP contribution in [0.5, 0.6) is 0 Å². The maximum atomic E-state index is 5.87. The van der Waals surface area contributed by atoms with Gasteiger partial charge >= 0.3 is 0 Å². The zero-order chi connectivity index (χ0) is 12.8. The Labute approximate surface area is 114 Å². The van der Waals surface area contributed by atoms with Gasteiger partial charge in [-0.3, -0.25) is 0 Å². The van der Waals surface area contributed by atoms with Crippen LogP contribution in [0.1, 0.15) is 18.1 Å². The highest BCUT2D eigenvalue weighted by Crippen LogP contribution is 2.11. The van der Waals surface area contributed by atoms with Gasteiger partial charge in [0.05, 0.1) is 0 Å². The largest absolute Gasteiger partial charge is 0.310 e. The first kappa shape index (κ1) is 13.1. The summed E-state index contributed by atoms with van der Waals surface area (Å²) < 4.78 is 0. The fourth-order valence-corrected chi connectivity index (χ4v) is 2.06. The summed E-state index contributed by atoms with van der Waals surface area (Å²) in [6.45, 7) is 3.12. The van der Waals surface area contributed by atoms with Crippen molar-refractivity contribution in [3.8, 4) is 0 Å². The van der Waals surface area contributed by atoms with Crippen LogP contribution in [0.25, 0.3) is 0 Å². The fourth-order valence-electron chi connectivity index (χ4n) is 1.93. The maximum Gasteiger partial charge on any atom is 0.0406 e. The van der Waals surface area contributed by atoms with Crippen LogP contribution in [0.2, 0.25) is 5.02 Å². The average Bonchev–Trinajstić information content (AvgIpc) is 2.40. The Hall–Kier alpha value is -1.31. The summed E-state index contributed by atoms with van der Waals surface area (Å²) in [5, 5.41) is 4.32. The summed E-state index contributed by atoms with van der Waals surface area (Å²) >= 11 is 5.87. The summed E-state index contributed by atoms with van der Waals surface area (Å²) in [4.78, 5) is 0. The molecule has 1 atom stereocenters. The van der Waals surface area contributed by atoms with Crippen molar-refractivity contribution >= 4 is 11.6 Å². The summed E-state index contributed by atoms with van der Waals surface area (Å²) in [5.74, 6) is 0. The van der Waals surface area contributed by atoms with Crippen LogP contribution in [-0.2, 0) is 13.0 Å². The van der Waals surface area contributed by atoms with E-state index in [-0.39, 0.29) is 0 Å². The monoisotopic (exact) mass is 259 g/mol. The van der Waals surface area contributed by atoms with Crippen LogP contribution in [-0.4, -0.2) is 6.04 Å². The summed E-state index contributed by atoms with van der Waals surface area (Å²) in [5.41, 5.74) is 2.63. The molecule has 2 aromatic rings. The molecule has 2 aromatic carbocycles. The van der Waals surface area contributed by atoms with Crippen LogP contribution < -0.4 is 5.32 Å². The zero-order valence-corrected chi connectivity index (χ0v) is 11.3. The Balaban J connectivity index is 1.82. The lowest BCUT2D eigenvalue weighted by Crippen LogP contribution is -2.27. The van der Waals surface area contributed by atoms with Crippen LogP contribution in [0.4, 0.5) is 0 Å². The highest BCUT2D eigenvalue weighted by atomic mass is 35.5. The highest BCUT2D eigenvalue weighted by molar-refractivity contribution is 6.30. The summed E-state index contributed by atoms with van der Waals surface area (Å²) in [6, 6.07) is 19.0. The number of hydrogen-bond acceptors (Lipinski definition) is 1. The van der Waals surface area contributed by atoms with Gasteiger partial charge in [0.25, 0.3) is 0 Å². The molecule has 1 N–H and O–H groups in total. The van der Waals surface area contributed by atoms with Gasteiger partial charge in [-0.2, -0.15) is 0 Å². The summed E-state index contributed by atoms with van der Waals surface area (Å²) in [7, 11) is 0. The lowest BCUT2D eigenvalue weighted by molar-refractivity contribution is 0.545. The van der Waals surface area contributed by atoms with Crippen molar-refractivity contribution in [2.24, 2.45) is 0 Å². The number of halogens is 1. The van der Waals surface area contributed by atoms with Gasteiger partial charge in [-0.1, -0.05) is 54.1 Å². The molecule has 0 bridgehead atoms. The molecular weight excluding hydrogens is 242 g/mol. The minimum Gasteiger partial charge on any atom is -0.310 e. The predicted molar refractivity (Wildman–Crippen MR) is 77.9 cm³/mol.